The number of aliphatic hydroxyl groups excluding tert-OH is 1. The second-order valence-electron chi connectivity index (χ2n) is 6.44. The summed E-state index contributed by atoms with van der Waals surface area (Å²) in [6.45, 7) is 1.75. The van der Waals surface area contributed by atoms with Crippen LogP contribution in [0.5, 0.6) is 0 Å². The number of carbonyl (C=O) groups excluding carboxylic acids is 3. The second kappa shape index (κ2) is 9.51. The number of anilines is 2. The van der Waals surface area contributed by atoms with Gasteiger partial charge in [-0.1, -0.05) is 19.1 Å². The summed E-state index contributed by atoms with van der Waals surface area (Å²) in [6, 6.07) is 7.21. The van der Waals surface area contributed by atoms with E-state index in [4.69, 9.17) is 9.84 Å². The second-order valence-corrected chi connectivity index (χ2v) is 7.30. The molecule has 1 aromatic carbocycles. The van der Waals surface area contributed by atoms with Crippen molar-refractivity contribution in [3.8, 4) is 11.3 Å². The molecule has 0 unspecified atom stereocenters. The summed E-state index contributed by atoms with van der Waals surface area (Å²) < 4.78 is 4.79. The fraction of sp³-hybridized carbons (Fsp3) is 0.300. The highest BCUT2D eigenvalue weighted by molar-refractivity contribution is 7.14. The number of aliphatic hydroxyl groups is 1. The van der Waals surface area contributed by atoms with Crippen LogP contribution in [0.25, 0.3) is 11.3 Å². The highest BCUT2D eigenvalue weighted by atomic mass is 32.1. The van der Waals surface area contributed by atoms with E-state index in [-0.39, 0.29) is 42.8 Å². The summed E-state index contributed by atoms with van der Waals surface area (Å²) in [4.78, 5) is 42.1. The van der Waals surface area contributed by atoms with Crippen LogP contribution in [0, 0.1) is 0 Å². The molecular weight excluding hydrogens is 408 g/mol. The normalized spacial score (nSPS) is 13.6. The molecule has 0 aliphatic carbocycles. The molecular formula is C20H22N4O5S. The number of aromatic nitrogens is 1. The topological polar surface area (TPSA) is 121 Å². The van der Waals surface area contributed by atoms with Crippen molar-refractivity contribution in [3.63, 3.8) is 0 Å². The van der Waals surface area contributed by atoms with E-state index in [1.54, 1.807) is 25.1 Å². The van der Waals surface area contributed by atoms with Gasteiger partial charge in [-0.3, -0.25) is 9.59 Å². The minimum atomic E-state index is -0.599. The van der Waals surface area contributed by atoms with Crippen molar-refractivity contribution in [1.29, 1.82) is 0 Å². The Kier molecular flexibility index (Phi) is 6.80. The molecule has 10 heteroatoms. The molecule has 30 heavy (non-hydrogen) atoms. The molecule has 0 atom stereocenters. The quantitative estimate of drug-likeness (QED) is 0.546. The van der Waals surface area contributed by atoms with Crippen LogP contribution < -0.4 is 10.6 Å². The van der Waals surface area contributed by atoms with Crippen LogP contribution in [0.3, 0.4) is 0 Å². The summed E-state index contributed by atoms with van der Waals surface area (Å²) in [7, 11) is 1.25. The van der Waals surface area contributed by atoms with E-state index in [1.165, 1.54) is 23.3 Å². The van der Waals surface area contributed by atoms with Gasteiger partial charge in [0, 0.05) is 29.6 Å². The van der Waals surface area contributed by atoms with Crippen LogP contribution >= 0.6 is 11.3 Å². The lowest BCUT2D eigenvalue weighted by atomic mass is 10.1. The van der Waals surface area contributed by atoms with Crippen molar-refractivity contribution in [2.75, 3.05) is 37.4 Å². The number of nitrogens with one attached hydrogen (secondary N) is 2. The highest BCUT2D eigenvalue weighted by Crippen LogP contribution is 2.29. The summed E-state index contributed by atoms with van der Waals surface area (Å²) in [5, 5.41) is 17.2. The number of hydrogen-bond donors (Lipinski definition) is 3. The van der Waals surface area contributed by atoms with Gasteiger partial charge in [0.05, 0.1) is 31.5 Å². The van der Waals surface area contributed by atoms with Crippen LogP contribution in [0.2, 0.25) is 0 Å². The summed E-state index contributed by atoms with van der Waals surface area (Å²) in [6.07, 6.45) is 0.368. The van der Waals surface area contributed by atoms with E-state index in [0.29, 0.717) is 22.9 Å². The van der Waals surface area contributed by atoms with Gasteiger partial charge in [-0.2, -0.15) is 0 Å². The van der Waals surface area contributed by atoms with Crippen molar-refractivity contribution in [2.45, 2.75) is 13.3 Å². The SMILES string of the molecule is CCC(=O)Nc1nc(-c2cccc(NC3=C(C(=O)OC)CN(CCO)C3=O)c2)cs1. The molecule has 0 bridgehead atoms. The number of nitrogens with zero attached hydrogens (tertiary/aromatic N) is 2. The molecule has 0 saturated heterocycles. The maximum absolute atomic E-state index is 12.7. The van der Waals surface area contributed by atoms with Gasteiger partial charge in [-0.25, -0.2) is 9.78 Å². The third-order valence-corrected chi connectivity index (χ3v) is 5.21. The molecule has 0 spiro atoms. The molecule has 1 aliphatic rings. The third kappa shape index (κ3) is 4.66. The van der Waals surface area contributed by atoms with Gasteiger partial charge in [0.15, 0.2) is 5.13 Å². The zero-order valence-electron chi connectivity index (χ0n) is 16.6. The van der Waals surface area contributed by atoms with Gasteiger partial charge in [0.25, 0.3) is 5.91 Å². The van der Waals surface area contributed by atoms with Gasteiger partial charge in [-0.05, 0) is 12.1 Å². The van der Waals surface area contributed by atoms with Crippen molar-refractivity contribution in [1.82, 2.24) is 9.88 Å². The Labute approximate surface area is 177 Å². The molecule has 3 N–H and O–H groups in total. The smallest absolute Gasteiger partial charge is 0.337 e. The molecule has 1 aliphatic heterocycles. The molecule has 0 fully saturated rings. The lowest BCUT2D eigenvalue weighted by molar-refractivity contribution is -0.136. The predicted molar refractivity (Wildman–Crippen MR) is 113 cm³/mol. The number of methoxy groups -OCH3 is 1. The van der Waals surface area contributed by atoms with Gasteiger partial charge in [0.2, 0.25) is 5.91 Å². The largest absolute Gasteiger partial charge is 0.466 e. The molecule has 3 rings (SSSR count). The first kappa shape index (κ1) is 21.5. The lowest BCUT2D eigenvalue weighted by Gasteiger charge is -2.15. The van der Waals surface area contributed by atoms with E-state index in [2.05, 4.69) is 15.6 Å². The molecule has 0 saturated carbocycles. The number of β-amino-alcohol motifs (C(OH)–C–C–N with tert-alkyl or cyclic N) is 1. The fourth-order valence-corrected chi connectivity index (χ4v) is 3.66. The van der Waals surface area contributed by atoms with Crippen LogP contribution in [0.1, 0.15) is 13.3 Å². The molecule has 0 radical (unpaired) electrons. The number of hydrogen-bond acceptors (Lipinski definition) is 8. The molecule has 2 heterocycles. The van der Waals surface area contributed by atoms with Crippen molar-refractivity contribution in [3.05, 3.63) is 40.9 Å². The molecule has 1 aromatic heterocycles. The molecule has 2 amide bonds. The predicted octanol–water partition coefficient (Wildman–Crippen LogP) is 1.83. The van der Waals surface area contributed by atoms with E-state index in [9.17, 15) is 14.4 Å². The van der Waals surface area contributed by atoms with E-state index < -0.39 is 5.97 Å². The fourth-order valence-electron chi connectivity index (χ4n) is 2.92. The number of ether oxygens (including phenoxy) is 1. The minimum Gasteiger partial charge on any atom is -0.466 e. The first-order valence-electron chi connectivity index (χ1n) is 9.31. The minimum absolute atomic E-state index is 0.0701. The monoisotopic (exact) mass is 430 g/mol. The van der Waals surface area contributed by atoms with Crippen LogP contribution in [-0.4, -0.2) is 59.6 Å². The maximum atomic E-state index is 12.7. The van der Waals surface area contributed by atoms with E-state index in [1.807, 2.05) is 11.4 Å². The number of benzene rings is 1. The Balaban J connectivity index is 1.84. The van der Waals surface area contributed by atoms with Gasteiger partial charge in [-0.15, -0.1) is 11.3 Å². The van der Waals surface area contributed by atoms with E-state index >= 15 is 0 Å². The van der Waals surface area contributed by atoms with E-state index in [0.717, 1.165) is 5.56 Å². The van der Waals surface area contributed by atoms with Gasteiger partial charge in [0.1, 0.15) is 5.70 Å². The Morgan fingerprint density at radius 1 is 1.37 bits per heavy atom. The number of amides is 2. The standard InChI is InChI=1S/C20H22N4O5S/c1-3-16(26)23-20-22-15(11-30-20)12-5-4-6-13(9-12)21-17-14(19(28)29-2)10-24(7-8-25)18(17)27/h4-6,9,11,21,25H,3,7-8,10H2,1-2H3,(H,22,23,26). The van der Waals surface area contributed by atoms with Crippen molar-refractivity contribution < 1.29 is 24.2 Å². The van der Waals surface area contributed by atoms with Gasteiger partial charge >= 0.3 is 5.97 Å². The average Bonchev–Trinajstić information content (AvgIpc) is 3.34. The first-order valence-corrected chi connectivity index (χ1v) is 10.2. The number of thiazole rings is 1. The molecule has 9 nitrogen and oxygen atoms in total. The first-order chi connectivity index (χ1) is 14.5. The molecule has 158 valence electrons. The van der Waals surface area contributed by atoms with Crippen LogP contribution in [-0.2, 0) is 19.1 Å². The number of esters is 1. The highest BCUT2D eigenvalue weighted by Gasteiger charge is 2.34. The van der Waals surface area contributed by atoms with Crippen LogP contribution in [0.4, 0.5) is 10.8 Å². The Morgan fingerprint density at radius 3 is 2.87 bits per heavy atom. The molecule has 2 aromatic rings. The van der Waals surface area contributed by atoms with Gasteiger partial charge < -0.3 is 25.4 Å². The maximum Gasteiger partial charge on any atom is 0.337 e. The van der Waals surface area contributed by atoms with Crippen LogP contribution in [0.15, 0.2) is 40.9 Å². The summed E-state index contributed by atoms with van der Waals surface area (Å²) >= 11 is 1.32. The Morgan fingerprint density at radius 2 is 2.17 bits per heavy atom. The zero-order chi connectivity index (χ0) is 21.7. The summed E-state index contributed by atoms with van der Waals surface area (Å²) in [5.41, 5.74) is 2.39. The Bertz CT molecular complexity index is 1000. The Hall–Kier alpha value is -3.24. The number of carbonyl (C=O) groups is 3. The third-order valence-electron chi connectivity index (χ3n) is 4.45. The number of rotatable bonds is 8. The van der Waals surface area contributed by atoms with Crippen molar-refractivity contribution in [2.24, 2.45) is 0 Å². The average molecular weight is 430 g/mol. The van der Waals surface area contributed by atoms with Crippen molar-refractivity contribution >= 4 is 39.9 Å². The zero-order valence-corrected chi connectivity index (χ0v) is 17.4. The lowest BCUT2D eigenvalue weighted by Crippen LogP contribution is -2.31. The summed E-state index contributed by atoms with van der Waals surface area (Å²) in [5.74, 6) is -1.09.